The predicted octanol–water partition coefficient (Wildman–Crippen LogP) is 7.44. The minimum Gasteiger partial charge on any atom is -0.465 e. The smallest absolute Gasteiger partial charge is 0.355 e. The van der Waals surface area contributed by atoms with Crippen LogP contribution in [0.2, 0.25) is 10.0 Å². The summed E-state index contributed by atoms with van der Waals surface area (Å²) in [6.45, 7) is 0.260. The van der Waals surface area contributed by atoms with E-state index >= 15 is 0 Å². The van der Waals surface area contributed by atoms with Gasteiger partial charge in [-0.05, 0) is 58.2 Å². The van der Waals surface area contributed by atoms with Gasteiger partial charge in [0.15, 0.2) is 0 Å². The Balaban J connectivity index is 1.96. The molecule has 0 spiro atoms. The SMILES string of the molecule is COC(=O)C1=C(C(=O)OC)N(Cc2ccccc2)C(c2ccc(Cl)cc2)(c2ccc(Cl)cc2)C=C1c1ccccc1. The lowest BCUT2D eigenvalue weighted by Crippen LogP contribution is -2.50. The zero-order chi connectivity index (χ0) is 29.0. The number of hydrogen-bond donors (Lipinski definition) is 0. The highest BCUT2D eigenvalue weighted by atomic mass is 35.5. The van der Waals surface area contributed by atoms with E-state index in [0.717, 1.165) is 22.3 Å². The number of rotatable bonds is 7. The number of benzene rings is 4. The maximum Gasteiger partial charge on any atom is 0.355 e. The summed E-state index contributed by atoms with van der Waals surface area (Å²) in [5.41, 5.74) is 2.92. The van der Waals surface area contributed by atoms with Crippen molar-refractivity contribution in [3.05, 3.63) is 159 Å². The lowest BCUT2D eigenvalue weighted by Gasteiger charge is -2.48. The van der Waals surface area contributed by atoms with Crippen LogP contribution < -0.4 is 0 Å². The maximum atomic E-state index is 13.8. The lowest BCUT2D eigenvalue weighted by molar-refractivity contribution is -0.141. The third kappa shape index (κ3) is 5.39. The predicted molar refractivity (Wildman–Crippen MR) is 161 cm³/mol. The molecule has 1 aliphatic heterocycles. The van der Waals surface area contributed by atoms with Gasteiger partial charge in [-0.1, -0.05) is 108 Å². The van der Waals surface area contributed by atoms with Crippen molar-refractivity contribution in [2.24, 2.45) is 0 Å². The normalized spacial score (nSPS) is 14.3. The van der Waals surface area contributed by atoms with Gasteiger partial charge in [0.2, 0.25) is 0 Å². The Bertz CT molecular complexity index is 1570. The van der Waals surface area contributed by atoms with Gasteiger partial charge in [-0.2, -0.15) is 0 Å². The van der Waals surface area contributed by atoms with Crippen LogP contribution in [0.5, 0.6) is 0 Å². The molecular weight excluding hydrogens is 557 g/mol. The zero-order valence-electron chi connectivity index (χ0n) is 22.5. The summed E-state index contributed by atoms with van der Waals surface area (Å²) in [4.78, 5) is 29.3. The van der Waals surface area contributed by atoms with Crippen LogP contribution in [-0.4, -0.2) is 31.1 Å². The van der Waals surface area contributed by atoms with Crippen LogP contribution in [-0.2, 0) is 31.1 Å². The Morgan fingerprint density at radius 3 is 1.66 bits per heavy atom. The lowest BCUT2D eigenvalue weighted by atomic mass is 9.74. The number of hydrogen-bond acceptors (Lipinski definition) is 5. The number of carbonyl (C=O) groups excluding carboxylic acids is 2. The quantitative estimate of drug-likeness (QED) is 0.212. The van der Waals surface area contributed by atoms with E-state index in [1.165, 1.54) is 14.2 Å². The number of nitrogens with zero attached hydrogens (tertiary/aromatic N) is 1. The van der Waals surface area contributed by atoms with Crippen LogP contribution in [0.3, 0.4) is 0 Å². The molecule has 0 saturated heterocycles. The number of carbonyl (C=O) groups is 2. The number of ether oxygens (including phenoxy) is 2. The fourth-order valence-electron chi connectivity index (χ4n) is 5.28. The number of esters is 2. The molecule has 4 aromatic carbocycles. The van der Waals surface area contributed by atoms with Crippen molar-refractivity contribution in [3.8, 4) is 0 Å². The van der Waals surface area contributed by atoms with Crippen molar-refractivity contribution in [1.82, 2.24) is 4.90 Å². The van der Waals surface area contributed by atoms with Crippen molar-refractivity contribution < 1.29 is 19.1 Å². The zero-order valence-corrected chi connectivity index (χ0v) is 24.0. The van der Waals surface area contributed by atoms with Gasteiger partial charge in [0, 0.05) is 16.6 Å². The standard InChI is InChI=1S/C34H27Cl2NO4/c1-40-32(38)30-29(24-11-7-4-8-12-24)21-34(25-13-17-27(35)18-14-25,26-15-19-28(36)20-16-26)37(31(30)33(39)41-2)22-23-9-5-3-6-10-23/h3-21H,22H2,1-2H3. The summed E-state index contributed by atoms with van der Waals surface area (Å²) in [5.74, 6) is -1.32. The minimum absolute atomic E-state index is 0.0782. The van der Waals surface area contributed by atoms with Gasteiger partial charge in [0.1, 0.15) is 11.2 Å². The highest BCUT2D eigenvalue weighted by molar-refractivity contribution is 6.30. The second-order valence-electron chi connectivity index (χ2n) is 9.48. The molecule has 0 saturated carbocycles. The first-order chi connectivity index (χ1) is 19.9. The first-order valence-corrected chi connectivity index (χ1v) is 13.7. The fraction of sp³-hybridized carbons (Fsp3) is 0.118. The molecule has 0 aromatic heterocycles. The second kappa shape index (κ2) is 12.0. The summed E-state index contributed by atoms with van der Waals surface area (Å²) in [6.07, 6.45) is 2.01. The molecule has 0 amide bonds. The number of halogens is 2. The van der Waals surface area contributed by atoms with E-state index in [9.17, 15) is 9.59 Å². The Hall–Kier alpha value is -4.32. The average Bonchev–Trinajstić information content (AvgIpc) is 3.01. The van der Waals surface area contributed by atoms with Gasteiger partial charge in [-0.15, -0.1) is 0 Å². The molecule has 7 heteroatoms. The van der Waals surface area contributed by atoms with Gasteiger partial charge in [-0.3, -0.25) is 0 Å². The molecule has 206 valence electrons. The molecule has 5 nitrogen and oxygen atoms in total. The summed E-state index contributed by atoms with van der Waals surface area (Å²) < 4.78 is 10.6. The van der Waals surface area contributed by atoms with E-state index in [4.69, 9.17) is 32.7 Å². The highest BCUT2D eigenvalue weighted by Crippen LogP contribution is 2.49. The molecule has 0 unspecified atom stereocenters. The molecule has 0 radical (unpaired) electrons. The van der Waals surface area contributed by atoms with Crippen molar-refractivity contribution in [2.45, 2.75) is 12.1 Å². The molecule has 0 aliphatic carbocycles. The van der Waals surface area contributed by atoms with Gasteiger partial charge in [-0.25, -0.2) is 9.59 Å². The molecule has 5 rings (SSSR count). The molecule has 0 N–H and O–H groups in total. The van der Waals surface area contributed by atoms with E-state index in [2.05, 4.69) is 0 Å². The van der Waals surface area contributed by atoms with Gasteiger partial charge in [0.05, 0.1) is 19.8 Å². The molecular formula is C34H27Cl2NO4. The highest BCUT2D eigenvalue weighted by Gasteiger charge is 2.48. The Kier molecular flexibility index (Phi) is 8.29. The topological polar surface area (TPSA) is 55.8 Å². The molecule has 4 aromatic rings. The van der Waals surface area contributed by atoms with Crippen molar-refractivity contribution in [2.75, 3.05) is 14.2 Å². The Morgan fingerprint density at radius 1 is 0.683 bits per heavy atom. The number of methoxy groups -OCH3 is 2. The summed E-state index contributed by atoms with van der Waals surface area (Å²) in [5, 5.41) is 1.13. The maximum absolute atomic E-state index is 13.8. The summed E-state index contributed by atoms with van der Waals surface area (Å²) >= 11 is 12.7. The molecule has 41 heavy (non-hydrogen) atoms. The van der Waals surface area contributed by atoms with E-state index in [0.29, 0.717) is 15.6 Å². The summed E-state index contributed by atoms with van der Waals surface area (Å²) in [7, 11) is 2.60. The van der Waals surface area contributed by atoms with Gasteiger partial charge >= 0.3 is 11.9 Å². The van der Waals surface area contributed by atoms with Crippen LogP contribution in [0.25, 0.3) is 5.57 Å². The first kappa shape index (κ1) is 28.2. The third-order valence-electron chi connectivity index (χ3n) is 7.16. The van der Waals surface area contributed by atoms with E-state index in [1.807, 2.05) is 120 Å². The second-order valence-corrected chi connectivity index (χ2v) is 10.4. The average molecular weight is 584 g/mol. The minimum atomic E-state index is -1.10. The molecule has 0 bridgehead atoms. The Morgan fingerprint density at radius 2 is 1.17 bits per heavy atom. The Labute approximate surface area is 249 Å². The van der Waals surface area contributed by atoms with Crippen LogP contribution in [0, 0.1) is 0 Å². The third-order valence-corrected chi connectivity index (χ3v) is 7.66. The van der Waals surface area contributed by atoms with E-state index < -0.39 is 17.5 Å². The fourth-order valence-corrected chi connectivity index (χ4v) is 5.54. The van der Waals surface area contributed by atoms with Crippen molar-refractivity contribution in [1.29, 1.82) is 0 Å². The van der Waals surface area contributed by atoms with Crippen LogP contribution in [0.15, 0.2) is 127 Å². The van der Waals surface area contributed by atoms with Crippen LogP contribution in [0.4, 0.5) is 0 Å². The van der Waals surface area contributed by atoms with Crippen LogP contribution in [0.1, 0.15) is 22.3 Å². The molecule has 0 fully saturated rings. The first-order valence-electron chi connectivity index (χ1n) is 12.9. The molecule has 1 heterocycles. The van der Waals surface area contributed by atoms with Crippen molar-refractivity contribution in [3.63, 3.8) is 0 Å². The molecule has 1 aliphatic rings. The van der Waals surface area contributed by atoms with E-state index in [-0.39, 0.29) is 17.8 Å². The monoisotopic (exact) mass is 583 g/mol. The van der Waals surface area contributed by atoms with Gasteiger partial charge in [0.25, 0.3) is 0 Å². The van der Waals surface area contributed by atoms with Crippen LogP contribution >= 0.6 is 23.2 Å². The largest absolute Gasteiger partial charge is 0.465 e. The van der Waals surface area contributed by atoms with E-state index in [1.54, 1.807) is 0 Å². The van der Waals surface area contributed by atoms with Gasteiger partial charge < -0.3 is 14.4 Å². The van der Waals surface area contributed by atoms with Crippen molar-refractivity contribution >= 4 is 40.7 Å². The summed E-state index contributed by atoms with van der Waals surface area (Å²) in [6, 6.07) is 34.1. The molecule has 0 atom stereocenters.